The van der Waals surface area contributed by atoms with Crippen molar-refractivity contribution in [2.75, 3.05) is 12.4 Å². The molecule has 0 unspecified atom stereocenters. The number of ether oxygens (including phenoxy) is 1. The van der Waals surface area contributed by atoms with E-state index in [2.05, 4.69) is 20.7 Å². The third-order valence-corrected chi connectivity index (χ3v) is 2.72. The first-order chi connectivity index (χ1) is 7.11. The first-order valence-electron chi connectivity index (χ1n) is 4.33. The van der Waals surface area contributed by atoms with Gasteiger partial charge < -0.3 is 4.74 Å². The van der Waals surface area contributed by atoms with Crippen molar-refractivity contribution < 1.29 is 14.5 Å². The van der Waals surface area contributed by atoms with Crippen LogP contribution < -0.4 is 0 Å². The SMILES string of the molecule is COC(=O)C1=CCCC([N+](=O)[O-])=C1CBr. The van der Waals surface area contributed by atoms with Crippen molar-refractivity contribution in [3.8, 4) is 0 Å². The zero-order valence-electron chi connectivity index (χ0n) is 8.16. The van der Waals surface area contributed by atoms with Crippen molar-refractivity contribution in [3.63, 3.8) is 0 Å². The Kier molecular flexibility index (Phi) is 4.02. The van der Waals surface area contributed by atoms with Crippen molar-refractivity contribution in [1.82, 2.24) is 0 Å². The molecule has 0 amide bonds. The lowest BCUT2D eigenvalue weighted by Gasteiger charge is -2.13. The summed E-state index contributed by atoms with van der Waals surface area (Å²) in [5.41, 5.74) is 0.806. The lowest BCUT2D eigenvalue weighted by molar-refractivity contribution is -0.429. The smallest absolute Gasteiger partial charge is 0.338 e. The van der Waals surface area contributed by atoms with Crippen LogP contribution in [0.1, 0.15) is 12.8 Å². The minimum atomic E-state index is -0.525. The lowest BCUT2D eigenvalue weighted by atomic mass is 9.96. The van der Waals surface area contributed by atoms with Gasteiger partial charge in [0.2, 0.25) is 0 Å². The van der Waals surface area contributed by atoms with Crippen LogP contribution in [0.4, 0.5) is 0 Å². The molecular formula is C9H10BrNO4. The van der Waals surface area contributed by atoms with Gasteiger partial charge in [0.05, 0.1) is 17.6 Å². The highest BCUT2D eigenvalue weighted by Gasteiger charge is 2.27. The zero-order chi connectivity index (χ0) is 11.4. The summed E-state index contributed by atoms with van der Waals surface area (Å²) in [5, 5.41) is 11.0. The number of hydrogen-bond acceptors (Lipinski definition) is 4. The van der Waals surface area contributed by atoms with Crippen molar-refractivity contribution >= 4 is 21.9 Å². The van der Waals surface area contributed by atoms with E-state index in [4.69, 9.17) is 0 Å². The molecule has 1 aliphatic carbocycles. The van der Waals surface area contributed by atoms with E-state index >= 15 is 0 Å². The third-order valence-electron chi connectivity index (χ3n) is 2.16. The third kappa shape index (κ3) is 2.44. The lowest BCUT2D eigenvalue weighted by Crippen LogP contribution is -2.16. The minimum Gasteiger partial charge on any atom is -0.465 e. The molecule has 0 aliphatic heterocycles. The molecule has 0 radical (unpaired) electrons. The Labute approximate surface area is 95.1 Å². The fourth-order valence-electron chi connectivity index (χ4n) is 1.45. The Balaban J connectivity index is 3.13. The Bertz CT molecular complexity index is 359. The number of allylic oxidation sites excluding steroid dienone is 2. The first kappa shape index (κ1) is 11.9. The summed E-state index contributed by atoms with van der Waals surface area (Å²) in [5.74, 6) is -0.525. The molecule has 1 rings (SSSR count). The average Bonchev–Trinajstić information content (AvgIpc) is 2.26. The monoisotopic (exact) mass is 275 g/mol. The van der Waals surface area contributed by atoms with Crippen molar-refractivity contribution in [2.24, 2.45) is 0 Å². The summed E-state index contributed by atoms with van der Waals surface area (Å²) >= 11 is 3.15. The van der Waals surface area contributed by atoms with Gasteiger partial charge in [0.1, 0.15) is 0 Å². The Hall–Kier alpha value is -1.17. The van der Waals surface area contributed by atoms with Crippen LogP contribution in [-0.2, 0) is 9.53 Å². The molecule has 5 nitrogen and oxygen atoms in total. The molecular weight excluding hydrogens is 266 g/mol. The van der Waals surface area contributed by atoms with E-state index in [0.717, 1.165) is 0 Å². The van der Waals surface area contributed by atoms with Gasteiger partial charge in [-0.3, -0.25) is 10.1 Å². The summed E-state index contributed by atoms with van der Waals surface area (Å²) in [6.45, 7) is 0. The van der Waals surface area contributed by atoms with E-state index in [0.29, 0.717) is 24.0 Å². The Morgan fingerprint density at radius 1 is 1.73 bits per heavy atom. The van der Waals surface area contributed by atoms with Crippen LogP contribution >= 0.6 is 15.9 Å². The molecule has 82 valence electrons. The highest BCUT2D eigenvalue weighted by molar-refractivity contribution is 9.09. The number of carbonyl (C=O) groups is 1. The highest BCUT2D eigenvalue weighted by atomic mass is 79.9. The van der Waals surface area contributed by atoms with Gasteiger partial charge in [0.25, 0.3) is 5.70 Å². The van der Waals surface area contributed by atoms with Gasteiger partial charge in [-0.05, 0) is 6.42 Å². The molecule has 0 aromatic rings. The van der Waals surface area contributed by atoms with Gasteiger partial charge in [-0.25, -0.2) is 4.79 Å². The Morgan fingerprint density at radius 3 is 2.87 bits per heavy atom. The summed E-state index contributed by atoms with van der Waals surface area (Å²) in [6.07, 6.45) is 2.53. The van der Waals surface area contributed by atoms with E-state index in [9.17, 15) is 14.9 Å². The van der Waals surface area contributed by atoms with Gasteiger partial charge in [0.15, 0.2) is 0 Å². The maximum absolute atomic E-state index is 11.3. The van der Waals surface area contributed by atoms with E-state index in [1.54, 1.807) is 6.08 Å². The molecule has 0 aromatic heterocycles. The van der Waals surface area contributed by atoms with Crippen LogP contribution in [0, 0.1) is 10.1 Å². The number of nitro groups is 1. The summed E-state index contributed by atoms with van der Waals surface area (Å²) in [4.78, 5) is 21.6. The minimum absolute atomic E-state index is 0.0924. The molecule has 1 aliphatic rings. The van der Waals surface area contributed by atoms with Gasteiger partial charge in [0, 0.05) is 17.3 Å². The number of esters is 1. The van der Waals surface area contributed by atoms with E-state index in [1.165, 1.54) is 7.11 Å². The highest BCUT2D eigenvalue weighted by Crippen LogP contribution is 2.27. The second kappa shape index (κ2) is 5.06. The second-order valence-corrected chi connectivity index (χ2v) is 3.52. The number of carbonyl (C=O) groups excluding carboxylic acids is 1. The van der Waals surface area contributed by atoms with Gasteiger partial charge in [-0.2, -0.15) is 0 Å². The number of rotatable bonds is 3. The maximum Gasteiger partial charge on any atom is 0.338 e. The van der Waals surface area contributed by atoms with Gasteiger partial charge in [-0.1, -0.05) is 22.0 Å². The van der Waals surface area contributed by atoms with Crippen LogP contribution in [0.2, 0.25) is 0 Å². The normalized spacial score (nSPS) is 16.0. The molecule has 0 aromatic carbocycles. The predicted octanol–water partition coefficient (Wildman–Crippen LogP) is 1.81. The topological polar surface area (TPSA) is 69.4 Å². The number of methoxy groups -OCH3 is 1. The van der Waals surface area contributed by atoms with Gasteiger partial charge in [-0.15, -0.1) is 0 Å². The summed E-state index contributed by atoms with van der Waals surface area (Å²) in [7, 11) is 1.26. The molecule has 0 spiro atoms. The second-order valence-electron chi connectivity index (χ2n) is 2.96. The number of nitrogens with zero attached hydrogens (tertiary/aromatic N) is 1. The number of alkyl halides is 1. The quantitative estimate of drug-likeness (QED) is 0.341. The molecule has 0 atom stereocenters. The molecule has 0 fully saturated rings. The van der Waals surface area contributed by atoms with Gasteiger partial charge >= 0.3 is 5.97 Å². The molecule has 15 heavy (non-hydrogen) atoms. The maximum atomic E-state index is 11.3. The fourth-order valence-corrected chi connectivity index (χ4v) is 2.08. The number of halogens is 1. The fraction of sp³-hybridized carbons (Fsp3) is 0.444. The van der Waals surface area contributed by atoms with E-state index in [-0.39, 0.29) is 11.0 Å². The van der Waals surface area contributed by atoms with Crippen molar-refractivity contribution in [3.05, 3.63) is 33.0 Å². The van der Waals surface area contributed by atoms with Crippen molar-refractivity contribution in [2.45, 2.75) is 12.8 Å². The standard InChI is InChI=1S/C9H10BrNO4/c1-15-9(12)6-3-2-4-8(11(13)14)7(6)5-10/h3H,2,4-5H2,1H3. The molecule has 6 heteroatoms. The molecule has 0 saturated heterocycles. The predicted molar refractivity (Wildman–Crippen MR) is 57.1 cm³/mol. The molecule has 0 N–H and O–H groups in total. The van der Waals surface area contributed by atoms with Crippen LogP contribution in [0.25, 0.3) is 0 Å². The van der Waals surface area contributed by atoms with Crippen LogP contribution in [0.5, 0.6) is 0 Å². The van der Waals surface area contributed by atoms with E-state index < -0.39 is 10.9 Å². The van der Waals surface area contributed by atoms with Crippen molar-refractivity contribution in [1.29, 1.82) is 0 Å². The van der Waals surface area contributed by atoms with Crippen LogP contribution in [0.15, 0.2) is 22.9 Å². The number of hydrogen-bond donors (Lipinski definition) is 0. The first-order valence-corrected chi connectivity index (χ1v) is 5.45. The van der Waals surface area contributed by atoms with Crippen LogP contribution in [0.3, 0.4) is 0 Å². The largest absolute Gasteiger partial charge is 0.465 e. The average molecular weight is 276 g/mol. The van der Waals surface area contributed by atoms with Crippen LogP contribution in [-0.4, -0.2) is 23.3 Å². The van der Waals surface area contributed by atoms with E-state index in [1.807, 2.05) is 0 Å². The molecule has 0 bridgehead atoms. The molecule has 0 saturated carbocycles. The molecule has 0 heterocycles. The summed E-state index contributed by atoms with van der Waals surface area (Å²) in [6, 6.07) is 0. The Morgan fingerprint density at radius 2 is 2.40 bits per heavy atom. The zero-order valence-corrected chi connectivity index (χ0v) is 9.74. The summed E-state index contributed by atoms with van der Waals surface area (Å²) < 4.78 is 4.57.